The fraction of sp³-hybridized carbons (Fsp3) is 0.619. The van der Waals surface area contributed by atoms with Gasteiger partial charge in [0.25, 0.3) is 0 Å². The highest BCUT2D eigenvalue weighted by molar-refractivity contribution is 5.87. The van der Waals surface area contributed by atoms with Crippen LogP contribution in [0.2, 0.25) is 0 Å². The normalized spacial score (nSPS) is 19.4. The maximum absolute atomic E-state index is 12.7. The number of ether oxygens (including phenoxy) is 1. The molecule has 0 spiro atoms. The monoisotopic (exact) mass is 414 g/mol. The lowest BCUT2D eigenvalue weighted by atomic mass is 10.1. The van der Waals surface area contributed by atoms with Crippen LogP contribution in [0, 0.1) is 0 Å². The maximum Gasteiger partial charge on any atom is 0.249 e. The minimum Gasteiger partial charge on any atom is -0.370 e. The summed E-state index contributed by atoms with van der Waals surface area (Å²) in [6.07, 6.45) is 3.37. The zero-order chi connectivity index (χ0) is 21.1. The lowest BCUT2D eigenvalue weighted by molar-refractivity contribution is -0.137. The summed E-state index contributed by atoms with van der Waals surface area (Å²) >= 11 is 0. The molecule has 2 aromatic heterocycles. The van der Waals surface area contributed by atoms with Crippen molar-refractivity contribution in [3.05, 3.63) is 17.8 Å². The predicted molar refractivity (Wildman–Crippen MR) is 113 cm³/mol. The molecule has 1 atom stereocenters. The van der Waals surface area contributed by atoms with Crippen LogP contribution in [0.3, 0.4) is 0 Å². The molecule has 2 N–H and O–H groups in total. The number of likely N-dealkylation sites (tertiary alicyclic amines) is 2. The van der Waals surface area contributed by atoms with E-state index >= 15 is 0 Å². The summed E-state index contributed by atoms with van der Waals surface area (Å²) in [5.74, 6) is 0.943. The number of H-pyrrole nitrogens is 1. The minimum atomic E-state index is -0.0459. The second kappa shape index (κ2) is 8.99. The van der Waals surface area contributed by atoms with Gasteiger partial charge in [-0.2, -0.15) is 5.10 Å². The van der Waals surface area contributed by atoms with Gasteiger partial charge in [-0.05, 0) is 45.2 Å². The molecular formula is C21H30N6O3. The van der Waals surface area contributed by atoms with Crippen LogP contribution in [0.25, 0.3) is 11.0 Å². The first kappa shape index (κ1) is 20.6. The van der Waals surface area contributed by atoms with Crippen molar-refractivity contribution >= 4 is 28.7 Å². The lowest BCUT2D eigenvalue weighted by Crippen LogP contribution is -2.35. The molecule has 4 rings (SSSR count). The van der Waals surface area contributed by atoms with Crippen LogP contribution in [-0.4, -0.2) is 75.7 Å². The third-order valence-electron chi connectivity index (χ3n) is 5.69. The molecule has 0 aromatic carbocycles. The highest BCUT2D eigenvalue weighted by atomic mass is 16.5. The third-order valence-corrected chi connectivity index (χ3v) is 5.69. The number of aromatic nitrogens is 3. The number of aromatic amines is 1. The molecule has 2 aromatic rings. The predicted octanol–water partition coefficient (Wildman–Crippen LogP) is 2.08. The smallest absolute Gasteiger partial charge is 0.249 e. The van der Waals surface area contributed by atoms with E-state index in [4.69, 9.17) is 9.72 Å². The molecule has 1 unspecified atom stereocenters. The Bertz CT molecular complexity index is 911. The van der Waals surface area contributed by atoms with Crippen molar-refractivity contribution in [2.45, 2.75) is 51.6 Å². The van der Waals surface area contributed by atoms with Crippen LogP contribution in [0.4, 0.5) is 5.82 Å². The van der Waals surface area contributed by atoms with E-state index in [9.17, 15) is 9.59 Å². The molecule has 0 saturated carbocycles. The Morgan fingerprint density at radius 3 is 2.97 bits per heavy atom. The van der Waals surface area contributed by atoms with Gasteiger partial charge in [0.2, 0.25) is 11.8 Å². The van der Waals surface area contributed by atoms with E-state index in [1.54, 1.807) is 4.90 Å². The van der Waals surface area contributed by atoms with E-state index in [-0.39, 0.29) is 30.5 Å². The van der Waals surface area contributed by atoms with Crippen LogP contribution in [0.5, 0.6) is 0 Å². The van der Waals surface area contributed by atoms with Crippen molar-refractivity contribution in [2.24, 2.45) is 0 Å². The number of rotatable bonds is 8. The number of hydrogen-bond donors (Lipinski definition) is 2. The topological polar surface area (TPSA) is 103 Å². The Labute approximate surface area is 176 Å². The third kappa shape index (κ3) is 4.40. The molecule has 0 aliphatic carbocycles. The highest BCUT2D eigenvalue weighted by Crippen LogP contribution is 2.32. The van der Waals surface area contributed by atoms with E-state index in [1.807, 2.05) is 17.0 Å². The number of amides is 2. The van der Waals surface area contributed by atoms with Gasteiger partial charge in [-0.3, -0.25) is 14.7 Å². The molecular weight excluding hydrogens is 384 g/mol. The Kier molecular flexibility index (Phi) is 6.17. The van der Waals surface area contributed by atoms with Gasteiger partial charge >= 0.3 is 0 Å². The molecule has 2 fully saturated rings. The number of nitrogens with zero attached hydrogens (tertiary/aromatic N) is 4. The SMILES string of the molecule is CC(C)Nc1n[nH]c2nc(C3CCCN3C(=O)COCCN3CCCC3=O)ccc12. The number of fused-ring (bicyclic) bond motifs is 1. The van der Waals surface area contributed by atoms with E-state index < -0.39 is 0 Å². The van der Waals surface area contributed by atoms with Gasteiger partial charge in [0.1, 0.15) is 6.61 Å². The summed E-state index contributed by atoms with van der Waals surface area (Å²) in [7, 11) is 0. The van der Waals surface area contributed by atoms with Gasteiger partial charge < -0.3 is 19.9 Å². The number of anilines is 1. The Balaban J connectivity index is 1.35. The number of carbonyl (C=O) groups excluding carboxylic acids is 2. The molecule has 0 bridgehead atoms. The van der Waals surface area contributed by atoms with E-state index in [0.717, 1.165) is 48.4 Å². The lowest BCUT2D eigenvalue weighted by Gasteiger charge is -2.24. The van der Waals surface area contributed by atoms with Crippen molar-refractivity contribution in [1.29, 1.82) is 0 Å². The highest BCUT2D eigenvalue weighted by Gasteiger charge is 2.31. The van der Waals surface area contributed by atoms with Crippen molar-refractivity contribution in [3.63, 3.8) is 0 Å². The van der Waals surface area contributed by atoms with Gasteiger partial charge in [-0.25, -0.2) is 4.98 Å². The summed E-state index contributed by atoms with van der Waals surface area (Å²) in [5, 5.41) is 11.6. The van der Waals surface area contributed by atoms with Crippen LogP contribution in [0.15, 0.2) is 12.1 Å². The second-order valence-electron chi connectivity index (χ2n) is 8.29. The zero-order valence-electron chi connectivity index (χ0n) is 17.7. The van der Waals surface area contributed by atoms with Gasteiger partial charge in [-0.1, -0.05) is 0 Å². The van der Waals surface area contributed by atoms with E-state index in [2.05, 4.69) is 29.4 Å². The van der Waals surface area contributed by atoms with Crippen molar-refractivity contribution < 1.29 is 14.3 Å². The average molecular weight is 415 g/mol. The quantitative estimate of drug-likeness (QED) is 0.641. The van der Waals surface area contributed by atoms with Crippen molar-refractivity contribution in [1.82, 2.24) is 25.0 Å². The average Bonchev–Trinajstić information content (AvgIpc) is 3.45. The van der Waals surface area contributed by atoms with Crippen LogP contribution < -0.4 is 5.32 Å². The van der Waals surface area contributed by atoms with Crippen LogP contribution in [-0.2, 0) is 14.3 Å². The fourth-order valence-corrected chi connectivity index (χ4v) is 4.22. The molecule has 9 nitrogen and oxygen atoms in total. The summed E-state index contributed by atoms with van der Waals surface area (Å²) in [5.41, 5.74) is 1.59. The fourth-order valence-electron chi connectivity index (χ4n) is 4.22. The van der Waals surface area contributed by atoms with Crippen LogP contribution >= 0.6 is 0 Å². The molecule has 2 saturated heterocycles. The van der Waals surface area contributed by atoms with Gasteiger partial charge in [0, 0.05) is 32.1 Å². The number of nitrogens with one attached hydrogen (secondary N) is 2. The number of hydrogen-bond acceptors (Lipinski definition) is 6. The second-order valence-corrected chi connectivity index (χ2v) is 8.29. The summed E-state index contributed by atoms with van der Waals surface area (Å²) in [6.45, 7) is 6.61. The Hall–Kier alpha value is -2.68. The van der Waals surface area contributed by atoms with Gasteiger partial charge in [0.05, 0.1) is 23.7 Å². The first-order chi connectivity index (χ1) is 14.5. The Morgan fingerprint density at radius 2 is 2.20 bits per heavy atom. The van der Waals surface area contributed by atoms with Crippen LogP contribution in [0.1, 0.15) is 51.3 Å². The van der Waals surface area contributed by atoms with Crippen molar-refractivity contribution in [3.8, 4) is 0 Å². The number of pyridine rings is 1. The molecule has 2 amide bonds. The maximum atomic E-state index is 12.7. The van der Waals surface area contributed by atoms with E-state index in [1.165, 1.54) is 0 Å². The first-order valence-electron chi connectivity index (χ1n) is 10.8. The zero-order valence-corrected chi connectivity index (χ0v) is 17.7. The largest absolute Gasteiger partial charge is 0.370 e. The summed E-state index contributed by atoms with van der Waals surface area (Å²) in [6, 6.07) is 4.23. The first-order valence-corrected chi connectivity index (χ1v) is 10.8. The molecule has 30 heavy (non-hydrogen) atoms. The number of carbonyl (C=O) groups is 2. The minimum absolute atomic E-state index is 0.0288. The van der Waals surface area contributed by atoms with Gasteiger partial charge in [-0.15, -0.1) is 0 Å². The molecule has 9 heteroatoms. The molecule has 0 radical (unpaired) electrons. The summed E-state index contributed by atoms with van der Waals surface area (Å²) in [4.78, 5) is 32.8. The molecule has 4 heterocycles. The molecule has 2 aliphatic rings. The van der Waals surface area contributed by atoms with Crippen molar-refractivity contribution in [2.75, 3.05) is 38.2 Å². The summed E-state index contributed by atoms with van der Waals surface area (Å²) < 4.78 is 5.58. The Morgan fingerprint density at radius 1 is 1.33 bits per heavy atom. The molecule has 2 aliphatic heterocycles. The van der Waals surface area contributed by atoms with E-state index in [0.29, 0.717) is 26.1 Å². The molecule has 162 valence electrons. The standard InChI is InChI=1S/C21H30N6O3/c1-14(2)22-20-15-7-8-16(23-21(15)25-24-20)17-5-3-10-27(17)19(29)13-30-12-11-26-9-4-6-18(26)28/h7-8,14,17H,3-6,9-13H2,1-2H3,(H2,22,23,24,25). The van der Waals surface area contributed by atoms with Gasteiger partial charge in [0.15, 0.2) is 11.5 Å².